The molecule has 0 aliphatic carbocycles. The van der Waals surface area contributed by atoms with Gasteiger partial charge in [-0.15, -0.1) is 0 Å². The summed E-state index contributed by atoms with van der Waals surface area (Å²) in [4.78, 5) is 15.4. The predicted octanol–water partition coefficient (Wildman–Crippen LogP) is 2.41. The third-order valence-electron chi connectivity index (χ3n) is 3.32. The Kier molecular flexibility index (Phi) is 3.13. The number of carbonyl (C=O) groups excluding carboxylic acids is 1. The minimum Gasteiger partial charge on any atom is -0.357 e. The average molecular weight is 245 g/mol. The lowest BCUT2D eigenvalue weighted by Crippen LogP contribution is -2.47. The molecular weight excluding hydrogens is 226 g/mol. The van der Waals surface area contributed by atoms with Gasteiger partial charge in [0.2, 0.25) is 5.91 Å². The zero-order valence-electron chi connectivity index (χ0n) is 11.2. The molecule has 2 rings (SSSR count). The largest absolute Gasteiger partial charge is 0.357 e. The van der Waals surface area contributed by atoms with Gasteiger partial charge in [-0.05, 0) is 33.9 Å². The van der Waals surface area contributed by atoms with Gasteiger partial charge in [-0.1, -0.05) is 18.2 Å². The first-order chi connectivity index (χ1) is 8.45. The number of nitrogens with one attached hydrogen (secondary N) is 3. The van der Waals surface area contributed by atoms with Gasteiger partial charge >= 0.3 is 0 Å². The average Bonchev–Trinajstić information content (AvgIpc) is 2.66. The summed E-state index contributed by atoms with van der Waals surface area (Å²) in [5.74, 6) is -0.0437. The number of aryl methyl sites for hydroxylation is 1. The molecule has 0 saturated heterocycles. The van der Waals surface area contributed by atoms with E-state index >= 15 is 0 Å². The number of fused-ring (bicyclic) bond motifs is 1. The molecule has 0 radical (unpaired) electrons. The van der Waals surface area contributed by atoms with Crippen molar-refractivity contribution in [3.05, 3.63) is 30.0 Å². The highest BCUT2D eigenvalue weighted by molar-refractivity contribution is 6.05. The van der Waals surface area contributed by atoms with Gasteiger partial charge in [0, 0.05) is 16.6 Å². The van der Waals surface area contributed by atoms with E-state index in [0.717, 1.165) is 22.3 Å². The number of carbonyl (C=O) groups is 1. The van der Waals surface area contributed by atoms with Crippen molar-refractivity contribution in [2.24, 2.45) is 0 Å². The van der Waals surface area contributed by atoms with Crippen LogP contribution in [0.5, 0.6) is 0 Å². The number of benzene rings is 1. The van der Waals surface area contributed by atoms with Crippen LogP contribution in [-0.2, 0) is 4.79 Å². The van der Waals surface area contributed by atoms with Crippen LogP contribution >= 0.6 is 0 Å². The van der Waals surface area contributed by atoms with E-state index in [1.54, 1.807) is 7.05 Å². The fourth-order valence-corrected chi connectivity index (χ4v) is 1.82. The molecule has 1 amide bonds. The molecule has 0 fully saturated rings. The molecular formula is C14H19N3O. The van der Waals surface area contributed by atoms with Gasteiger partial charge in [0.1, 0.15) is 0 Å². The molecule has 0 spiro atoms. The predicted molar refractivity (Wildman–Crippen MR) is 74.8 cm³/mol. The van der Waals surface area contributed by atoms with Crippen molar-refractivity contribution >= 4 is 22.5 Å². The first-order valence-corrected chi connectivity index (χ1v) is 6.03. The number of anilines is 1. The Morgan fingerprint density at radius 2 is 1.94 bits per heavy atom. The van der Waals surface area contributed by atoms with Crippen LogP contribution in [0.2, 0.25) is 0 Å². The second-order valence-corrected chi connectivity index (χ2v) is 5.00. The summed E-state index contributed by atoms with van der Waals surface area (Å²) >= 11 is 0. The highest BCUT2D eigenvalue weighted by Crippen LogP contribution is 2.27. The maximum Gasteiger partial charge on any atom is 0.244 e. The van der Waals surface area contributed by atoms with E-state index < -0.39 is 5.54 Å². The lowest BCUT2D eigenvalue weighted by molar-refractivity contribution is -0.121. The summed E-state index contributed by atoms with van der Waals surface area (Å²) < 4.78 is 0. The maximum atomic E-state index is 12.2. The summed E-state index contributed by atoms with van der Waals surface area (Å²) in [7, 11) is 1.78. The molecule has 0 saturated carbocycles. The van der Waals surface area contributed by atoms with Gasteiger partial charge in [0.15, 0.2) is 0 Å². The SMILES string of the molecule is CNC(C)(C)C(=O)Nc1c(C)[nH]c2ccccc12. The molecule has 96 valence electrons. The van der Waals surface area contributed by atoms with E-state index in [9.17, 15) is 4.79 Å². The molecule has 0 atom stereocenters. The topological polar surface area (TPSA) is 56.9 Å². The number of amides is 1. The van der Waals surface area contributed by atoms with Crippen molar-refractivity contribution in [1.82, 2.24) is 10.3 Å². The third kappa shape index (κ3) is 2.11. The minimum atomic E-state index is -0.592. The summed E-state index contributed by atoms with van der Waals surface area (Å²) in [6.07, 6.45) is 0. The van der Waals surface area contributed by atoms with Gasteiger partial charge in [-0.2, -0.15) is 0 Å². The van der Waals surface area contributed by atoms with E-state index in [1.165, 1.54) is 0 Å². The smallest absolute Gasteiger partial charge is 0.244 e. The molecule has 1 aromatic heterocycles. The molecule has 0 unspecified atom stereocenters. The highest BCUT2D eigenvalue weighted by Gasteiger charge is 2.26. The Morgan fingerprint density at radius 3 is 2.61 bits per heavy atom. The number of para-hydroxylation sites is 1. The van der Waals surface area contributed by atoms with E-state index in [-0.39, 0.29) is 5.91 Å². The number of aromatic amines is 1. The van der Waals surface area contributed by atoms with Crippen LogP contribution in [0.25, 0.3) is 10.9 Å². The fraction of sp³-hybridized carbons (Fsp3) is 0.357. The van der Waals surface area contributed by atoms with Crippen molar-refractivity contribution in [3.8, 4) is 0 Å². The molecule has 4 nitrogen and oxygen atoms in total. The fourth-order valence-electron chi connectivity index (χ4n) is 1.82. The first kappa shape index (κ1) is 12.6. The Bertz CT molecular complexity index is 584. The number of aromatic nitrogens is 1. The standard InChI is InChI=1S/C14H19N3O/c1-9-12(17-13(18)14(2,3)15-4)10-7-5-6-8-11(10)16-9/h5-8,15-16H,1-4H3,(H,17,18). The van der Waals surface area contributed by atoms with Crippen LogP contribution in [-0.4, -0.2) is 23.5 Å². The molecule has 0 aliphatic rings. The van der Waals surface area contributed by atoms with Gasteiger partial charge in [0.05, 0.1) is 11.2 Å². The van der Waals surface area contributed by atoms with Crippen LogP contribution in [0.3, 0.4) is 0 Å². The van der Waals surface area contributed by atoms with Gasteiger partial charge in [0.25, 0.3) is 0 Å². The molecule has 0 aliphatic heterocycles. The summed E-state index contributed by atoms with van der Waals surface area (Å²) in [6.45, 7) is 5.67. The number of H-pyrrole nitrogens is 1. The molecule has 0 bridgehead atoms. The second kappa shape index (κ2) is 4.46. The lowest BCUT2D eigenvalue weighted by atomic mass is 10.0. The first-order valence-electron chi connectivity index (χ1n) is 6.03. The molecule has 2 aromatic rings. The Balaban J connectivity index is 2.38. The van der Waals surface area contributed by atoms with Gasteiger partial charge < -0.3 is 15.6 Å². The van der Waals surface area contributed by atoms with Crippen molar-refractivity contribution in [3.63, 3.8) is 0 Å². The van der Waals surface area contributed by atoms with Crippen LogP contribution in [0.1, 0.15) is 19.5 Å². The van der Waals surface area contributed by atoms with Crippen LogP contribution in [0.4, 0.5) is 5.69 Å². The number of rotatable bonds is 3. The minimum absolute atomic E-state index is 0.0437. The van der Waals surface area contributed by atoms with Crippen molar-refractivity contribution < 1.29 is 4.79 Å². The number of hydrogen-bond donors (Lipinski definition) is 3. The quantitative estimate of drug-likeness (QED) is 0.777. The van der Waals surface area contributed by atoms with Crippen molar-refractivity contribution in [2.75, 3.05) is 12.4 Å². The second-order valence-electron chi connectivity index (χ2n) is 5.00. The van der Waals surface area contributed by atoms with E-state index in [0.29, 0.717) is 0 Å². The third-order valence-corrected chi connectivity index (χ3v) is 3.32. The Morgan fingerprint density at radius 1 is 1.28 bits per heavy atom. The Hall–Kier alpha value is -1.81. The number of likely N-dealkylation sites (N-methyl/N-ethyl adjacent to an activating group) is 1. The summed E-state index contributed by atoms with van der Waals surface area (Å²) in [5.41, 5.74) is 2.27. The highest BCUT2D eigenvalue weighted by atomic mass is 16.2. The van der Waals surface area contributed by atoms with Gasteiger partial charge in [-0.3, -0.25) is 4.79 Å². The van der Waals surface area contributed by atoms with E-state index in [1.807, 2.05) is 45.0 Å². The van der Waals surface area contributed by atoms with Crippen molar-refractivity contribution in [2.45, 2.75) is 26.3 Å². The zero-order chi connectivity index (χ0) is 13.3. The van der Waals surface area contributed by atoms with E-state index in [2.05, 4.69) is 15.6 Å². The lowest BCUT2D eigenvalue weighted by Gasteiger charge is -2.22. The maximum absolute atomic E-state index is 12.2. The summed E-state index contributed by atoms with van der Waals surface area (Å²) in [5, 5.41) is 7.03. The molecule has 3 N–H and O–H groups in total. The molecule has 1 heterocycles. The van der Waals surface area contributed by atoms with Gasteiger partial charge in [-0.25, -0.2) is 0 Å². The molecule has 18 heavy (non-hydrogen) atoms. The van der Waals surface area contributed by atoms with Crippen LogP contribution < -0.4 is 10.6 Å². The molecule has 4 heteroatoms. The van der Waals surface area contributed by atoms with Crippen LogP contribution in [0.15, 0.2) is 24.3 Å². The summed E-state index contributed by atoms with van der Waals surface area (Å²) in [6, 6.07) is 7.94. The number of hydrogen-bond acceptors (Lipinski definition) is 2. The zero-order valence-corrected chi connectivity index (χ0v) is 11.2. The van der Waals surface area contributed by atoms with Crippen LogP contribution in [0, 0.1) is 6.92 Å². The van der Waals surface area contributed by atoms with Crippen molar-refractivity contribution in [1.29, 1.82) is 0 Å². The molecule has 1 aromatic carbocycles. The Labute approximate surface area is 107 Å². The monoisotopic (exact) mass is 245 g/mol. The van der Waals surface area contributed by atoms with E-state index in [4.69, 9.17) is 0 Å². The normalized spacial score (nSPS) is 11.8.